The van der Waals surface area contributed by atoms with Gasteiger partial charge in [0.05, 0.1) is 4.92 Å². The molecule has 3 aromatic carbocycles. The normalized spacial score (nSPS) is 25.2. The molecule has 40 heavy (non-hydrogen) atoms. The van der Waals surface area contributed by atoms with Gasteiger partial charge in [0.25, 0.3) is 11.6 Å². The minimum atomic E-state index is -0.879. The molecule has 4 saturated carbocycles. The number of ether oxygens (including phenoxy) is 1. The lowest BCUT2D eigenvalue weighted by molar-refractivity contribution is -0.384. The van der Waals surface area contributed by atoms with Crippen molar-refractivity contribution in [1.82, 2.24) is 5.32 Å². The van der Waals surface area contributed by atoms with Crippen molar-refractivity contribution in [1.29, 1.82) is 0 Å². The van der Waals surface area contributed by atoms with E-state index in [0.29, 0.717) is 11.1 Å². The second-order valence-electron chi connectivity index (χ2n) is 12.0. The average molecular weight is 539 g/mol. The summed E-state index contributed by atoms with van der Waals surface area (Å²) in [5, 5.41) is 13.8. The van der Waals surface area contributed by atoms with E-state index in [-0.39, 0.29) is 30.0 Å². The third kappa shape index (κ3) is 5.51. The lowest BCUT2D eigenvalue weighted by atomic mass is 9.48. The quantitative estimate of drug-likeness (QED) is 0.200. The Kier molecular flexibility index (Phi) is 7.13. The second-order valence-corrected chi connectivity index (χ2v) is 12.0. The summed E-state index contributed by atoms with van der Waals surface area (Å²) >= 11 is 0. The Morgan fingerprint density at radius 3 is 2.02 bits per heavy atom. The first-order valence-electron chi connectivity index (χ1n) is 14.2. The Labute approximate surface area is 234 Å². The Bertz CT molecular complexity index is 1350. The Morgan fingerprint density at radius 2 is 1.45 bits per heavy atom. The van der Waals surface area contributed by atoms with Gasteiger partial charge in [-0.3, -0.25) is 14.9 Å². The van der Waals surface area contributed by atoms with E-state index in [4.69, 9.17) is 4.74 Å². The number of rotatable bonds is 9. The summed E-state index contributed by atoms with van der Waals surface area (Å²) in [4.78, 5) is 36.9. The molecule has 1 atom stereocenters. The monoisotopic (exact) mass is 538 g/mol. The van der Waals surface area contributed by atoms with Crippen LogP contribution >= 0.6 is 0 Å². The summed E-state index contributed by atoms with van der Waals surface area (Å²) in [6, 6.07) is 22.5. The zero-order valence-corrected chi connectivity index (χ0v) is 22.5. The summed E-state index contributed by atoms with van der Waals surface area (Å²) in [5.74, 6) is 1.69. The molecule has 4 aliphatic carbocycles. The maximum Gasteiger partial charge on any atom is 0.329 e. The molecule has 0 spiro atoms. The summed E-state index contributed by atoms with van der Waals surface area (Å²) in [7, 11) is 0. The fourth-order valence-electron chi connectivity index (χ4n) is 7.69. The van der Waals surface area contributed by atoms with Gasteiger partial charge in [-0.1, -0.05) is 42.5 Å². The van der Waals surface area contributed by atoms with Crippen molar-refractivity contribution in [2.45, 2.75) is 63.0 Å². The minimum absolute atomic E-state index is 0.0292. The van der Waals surface area contributed by atoms with Crippen LogP contribution in [0.25, 0.3) is 0 Å². The van der Waals surface area contributed by atoms with Crippen LogP contribution in [-0.4, -0.2) is 22.8 Å². The van der Waals surface area contributed by atoms with Crippen molar-refractivity contribution in [3.05, 3.63) is 111 Å². The van der Waals surface area contributed by atoms with Gasteiger partial charge in [0, 0.05) is 24.1 Å². The molecule has 1 N–H and O–H groups in total. The van der Waals surface area contributed by atoms with Gasteiger partial charge in [-0.2, -0.15) is 0 Å². The first-order chi connectivity index (χ1) is 19.4. The van der Waals surface area contributed by atoms with E-state index >= 15 is 0 Å². The van der Waals surface area contributed by atoms with Crippen LogP contribution in [0.1, 0.15) is 65.6 Å². The van der Waals surface area contributed by atoms with Gasteiger partial charge in [0.15, 0.2) is 0 Å². The number of hydrogen-bond donors (Lipinski definition) is 1. The van der Waals surface area contributed by atoms with E-state index in [1.807, 2.05) is 42.5 Å². The Balaban J connectivity index is 1.14. The molecule has 0 aliphatic heterocycles. The van der Waals surface area contributed by atoms with Gasteiger partial charge in [-0.25, -0.2) is 4.79 Å². The molecule has 7 heteroatoms. The highest BCUT2D eigenvalue weighted by Crippen LogP contribution is 2.60. The Morgan fingerprint density at radius 1 is 0.850 bits per heavy atom. The number of nitrogens with one attached hydrogen (secondary N) is 1. The number of esters is 1. The zero-order valence-electron chi connectivity index (χ0n) is 22.5. The molecule has 0 saturated heterocycles. The topological polar surface area (TPSA) is 98.5 Å². The van der Waals surface area contributed by atoms with E-state index in [1.54, 1.807) is 12.1 Å². The molecule has 4 aliphatic rings. The fourth-order valence-corrected chi connectivity index (χ4v) is 7.69. The smallest absolute Gasteiger partial charge is 0.329 e. The van der Waals surface area contributed by atoms with Gasteiger partial charge in [-0.05, 0) is 103 Å². The molecule has 0 heterocycles. The molecular weight excluding hydrogens is 504 g/mol. The number of nitrogens with zero attached hydrogens (tertiary/aromatic N) is 1. The maximum absolute atomic E-state index is 13.3. The van der Waals surface area contributed by atoms with Crippen molar-refractivity contribution in [2.75, 3.05) is 0 Å². The minimum Gasteiger partial charge on any atom is -0.459 e. The highest BCUT2D eigenvalue weighted by molar-refractivity contribution is 5.96. The number of hydrogen-bond acceptors (Lipinski definition) is 5. The number of benzene rings is 3. The standard InChI is InChI=1S/C33H34N2O5/c36-31(27-8-10-28(11-9-27)33-18-24-14-25(19-33)16-26(15-24)20-33)34-30(17-22-4-2-1-3-5-22)32(37)40-21-23-6-12-29(13-7-23)35(38)39/h1-13,24-26,30H,14-21H2,(H,34,36). The third-order valence-corrected chi connectivity index (χ3v) is 9.20. The van der Waals surface area contributed by atoms with Crippen LogP contribution in [0.2, 0.25) is 0 Å². The van der Waals surface area contributed by atoms with E-state index in [0.717, 1.165) is 23.3 Å². The molecule has 0 radical (unpaired) electrons. The number of carbonyl (C=O) groups is 2. The maximum atomic E-state index is 13.3. The van der Waals surface area contributed by atoms with Crippen LogP contribution in [0.5, 0.6) is 0 Å². The molecule has 4 bridgehead atoms. The largest absolute Gasteiger partial charge is 0.459 e. The average Bonchev–Trinajstić information content (AvgIpc) is 2.95. The van der Waals surface area contributed by atoms with Crippen LogP contribution in [0, 0.1) is 27.9 Å². The van der Waals surface area contributed by atoms with Crippen LogP contribution < -0.4 is 5.32 Å². The van der Waals surface area contributed by atoms with Gasteiger partial charge in [0.1, 0.15) is 12.6 Å². The molecule has 7 nitrogen and oxygen atoms in total. The number of nitro groups is 1. The van der Waals surface area contributed by atoms with Gasteiger partial charge in [0.2, 0.25) is 0 Å². The fraction of sp³-hybridized carbons (Fsp3) is 0.394. The number of amides is 1. The van der Waals surface area contributed by atoms with Crippen molar-refractivity contribution in [3.8, 4) is 0 Å². The molecule has 1 unspecified atom stereocenters. The second kappa shape index (κ2) is 10.9. The van der Waals surface area contributed by atoms with E-state index in [1.165, 1.54) is 56.2 Å². The molecule has 3 aromatic rings. The summed E-state index contributed by atoms with van der Waals surface area (Å²) in [5.41, 5.74) is 3.64. The first kappa shape index (κ1) is 26.2. The van der Waals surface area contributed by atoms with E-state index in [2.05, 4.69) is 17.4 Å². The lowest BCUT2D eigenvalue weighted by Gasteiger charge is -2.57. The summed E-state index contributed by atoms with van der Waals surface area (Å²) in [6.45, 7) is -0.0439. The van der Waals surface area contributed by atoms with Gasteiger partial charge in [-0.15, -0.1) is 0 Å². The SMILES string of the molecule is O=C(NC(Cc1ccccc1)C(=O)OCc1ccc([N+](=O)[O-])cc1)c1ccc(C23CC4CC(CC(C4)C2)C3)cc1. The Hall–Kier alpha value is -4.00. The molecule has 206 valence electrons. The molecule has 0 aromatic heterocycles. The van der Waals surface area contributed by atoms with Crippen molar-refractivity contribution in [3.63, 3.8) is 0 Å². The lowest BCUT2D eigenvalue weighted by Crippen LogP contribution is -2.48. The predicted molar refractivity (Wildman–Crippen MR) is 151 cm³/mol. The predicted octanol–water partition coefficient (Wildman–Crippen LogP) is 6.15. The van der Waals surface area contributed by atoms with Crippen molar-refractivity contribution < 1.29 is 19.2 Å². The molecule has 1 amide bonds. The number of non-ortho nitro benzene ring substituents is 1. The molecular formula is C33H34N2O5. The van der Waals surface area contributed by atoms with E-state index in [9.17, 15) is 19.7 Å². The van der Waals surface area contributed by atoms with Crippen molar-refractivity contribution in [2.24, 2.45) is 17.8 Å². The van der Waals surface area contributed by atoms with Crippen LogP contribution in [0.3, 0.4) is 0 Å². The van der Waals surface area contributed by atoms with Crippen molar-refractivity contribution >= 4 is 17.6 Å². The van der Waals surface area contributed by atoms with E-state index < -0.39 is 16.9 Å². The number of nitro benzene ring substituents is 1. The van der Waals surface area contributed by atoms with Crippen LogP contribution in [-0.2, 0) is 28.0 Å². The highest BCUT2D eigenvalue weighted by atomic mass is 16.6. The first-order valence-corrected chi connectivity index (χ1v) is 14.2. The zero-order chi connectivity index (χ0) is 27.7. The van der Waals surface area contributed by atoms with Crippen LogP contribution in [0.15, 0.2) is 78.9 Å². The summed E-state index contributed by atoms with van der Waals surface area (Å²) < 4.78 is 5.53. The third-order valence-electron chi connectivity index (χ3n) is 9.20. The molecule has 7 rings (SSSR count). The van der Waals surface area contributed by atoms with Gasteiger partial charge >= 0.3 is 5.97 Å². The molecule has 4 fully saturated rings. The number of carbonyl (C=O) groups excluding carboxylic acids is 2. The summed E-state index contributed by atoms with van der Waals surface area (Å²) in [6.07, 6.45) is 8.27. The van der Waals surface area contributed by atoms with Crippen LogP contribution in [0.4, 0.5) is 5.69 Å². The highest BCUT2D eigenvalue weighted by Gasteiger charge is 2.51. The van der Waals surface area contributed by atoms with Gasteiger partial charge < -0.3 is 10.1 Å².